The van der Waals surface area contributed by atoms with E-state index in [4.69, 9.17) is 4.74 Å². The fourth-order valence-corrected chi connectivity index (χ4v) is 16.0. The maximum absolute atomic E-state index is 13.0. The summed E-state index contributed by atoms with van der Waals surface area (Å²) in [5.41, 5.74) is 17.0. The molecule has 6 aliphatic rings. The van der Waals surface area contributed by atoms with Crippen LogP contribution in [0.5, 0.6) is 5.75 Å². The number of nitrogens with zero attached hydrogens (tertiary/aromatic N) is 1. The first-order valence-electron chi connectivity index (χ1n) is 45.4. The zero-order valence-corrected chi connectivity index (χ0v) is 79.7. The summed E-state index contributed by atoms with van der Waals surface area (Å²) in [6.45, 7) is 16.6. The number of rotatable bonds is 23. The van der Waals surface area contributed by atoms with E-state index in [0.717, 1.165) is 68.2 Å². The molecule has 1 aromatic heterocycles. The number of fused-ring (bicyclic) bond motifs is 6. The number of hydrogen-bond donors (Lipinski definition) is 0. The predicted molar refractivity (Wildman–Crippen MR) is 539 cm³/mol. The average molecular weight is 1870 g/mol. The third-order valence-corrected chi connectivity index (χ3v) is 23.6. The molecule has 0 fully saturated rings. The fraction of sp³-hybridized carbons (Fsp3) is 0.225. The van der Waals surface area contributed by atoms with Crippen LogP contribution in [-0.4, -0.2) is 81.5 Å². The van der Waals surface area contributed by atoms with Crippen LogP contribution in [-0.2, 0) is 0 Å². The number of ketones is 12. The summed E-state index contributed by atoms with van der Waals surface area (Å²) < 4.78 is 18.6. The van der Waals surface area contributed by atoms with Crippen LogP contribution >= 0.6 is 15.9 Å². The van der Waals surface area contributed by atoms with Crippen LogP contribution in [0.4, 0.5) is 4.39 Å². The molecule has 0 spiro atoms. The summed E-state index contributed by atoms with van der Waals surface area (Å²) >= 11 is 3.34. The van der Waals surface area contributed by atoms with Gasteiger partial charge in [0.05, 0.1) is 11.6 Å². The largest absolute Gasteiger partial charge is 0.497 e. The van der Waals surface area contributed by atoms with Gasteiger partial charge in [0.2, 0.25) is 5.78 Å². The van der Waals surface area contributed by atoms with Crippen molar-refractivity contribution in [2.75, 3.05) is 7.11 Å². The molecule has 0 aliphatic heterocycles. The van der Waals surface area contributed by atoms with E-state index < -0.39 is 0 Å². The number of benzene rings is 8. The Bertz CT molecular complexity index is 6770. The summed E-state index contributed by atoms with van der Waals surface area (Å²) in [5.74, 6) is 23.7. The number of carbonyl (C=O) groups excluding carboxylic acids is 12. The van der Waals surface area contributed by atoms with Crippen molar-refractivity contribution in [2.24, 2.45) is 5.92 Å². The summed E-state index contributed by atoms with van der Waals surface area (Å²) in [4.78, 5) is 151. The number of hydrogen-bond acceptors (Lipinski definition) is 14. The number of pyridine rings is 1. The van der Waals surface area contributed by atoms with Gasteiger partial charge in [0, 0.05) is 155 Å². The Labute approximate surface area is 805 Å². The number of ether oxygens (including phenoxy) is 1. The van der Waals surface area contributed by atoms with Gasteiger partial charge in [-0.2, -0.15) is 0 Å². The first-order chi connectivity index (χ1) is 65.7. The molecule has 15 rings (SSSR count). The maximum Gasteiger partial charge on any atom is 0.201 e. The molecule has 6 aliphatic carbocycles. The Morgan fingerprint density at radius 2 is 0.721 bits per heavy atom. The first-order valence-corrected chi connectivity index (χ1v) is 46.2. The molecule has 16 heteroatoms. The van der Waals surface area contributed by atoms with Crippen LogP contribution in [0.3, 0.4) is 0 Å². The van der Waals surface area contributed by atoms with Crippen molar-refractivity contribution in [2.45, 2.75) is 165 Å². The molecule has 0 N–H and O–H groups in total. The highest BCUT2D eigenvalue weighted by Crippen LogP contribution is 2.35. The number of allylic oxidation sites excluding steroid dienone is 20. The molecule has 14 nitrogen and oxygen atoms in total. The maximum atomic E-state index is 13.0. The molecule has 684 valence electrons. The Hall–Kier alpha value is -15.2. The lowest BCUT2D eigenvalue weighted by Gasteiger charge is -2.18. The van der Waals surface area contributed by atoms with E-state index in [9.17, 15) is 61.9 Å². The number of Topliss-reactive ketones (excluding diaryl/α,β-unsaturated/α-hetero) is 7. The smallest absolute Gasteiger partial charge is 0.201 e. The second kappa shape index (κ2) is 52.3. The second-order valence-corrected chi connectivity index (χ2v) is 34.1. The predicted octanol–water partition coefficient (Wildman–Crippen LogP) is 26.5. The molecule has 1 unspecified atom stereocenters. The number of carbonyl (C=O) groups is 12. The molecule has 0 bridgehead atoms. The van der Waals surface area contributed by atoms with E-state index in [1.807, 2.05) is 43.3 Å². The van der Waals surface area contributed by atoms with Gasteiger partial charge in [-0.25, -0.2) is 4.39 Å². The van der Waals surface area contributed by atoms with Crippen LogP contribution in [0.15, 0.2) is 334 Å². The summed E-state index contributed by atoms with van der Waals surface area (Å²) in [5, 5.41) is 0. The van der Waals surface area contributed by atoms with Crippen molar-refractivity contribution in [3.63, 3.8) is 0 Å². The van der Waals surface area contributed by atoms with Gasteiger partial charge in [0.15, 0.2) is 63.6 Å². The second-order valence-electron chi connectivity index (χ2n) is 33.4. The van der Waals surface area contributed by atoms with E-state index in [1.165, 1.54) is 64.8 Å². The molecule has 1 heterocycles. The zero-order valence-electron chi connectivity index (χ0n) is 78.1. The Kier molecular flexibility index (Phi) is 39.6. The lowest BCUT2D eigenvalue weighted by molar-refractivity contribution is 0.0979. The Morgan fingerprint density at radius 1 is 0.375 bits per heavy atom. The first kappa shape index (κ1) is 103. The van der Waals surface area contributed by atoms with Gasteiger partial charge in [-0.3, -0.25) is 62.5 Å². The van der Waals surface area contributed by atoms with Crippen LogP contribution in [0.1, 0.15) is 306 Å². The minimum atomic E-state index is -0.329. The normalized spacial score (nSPS) is 13.8. The summed E-state index contributed by atoms with van der Waals surface area (Å²) in [7, 11) is 1.61. The number of aromatic nitrogens is 1. The van der Waals surface area contributed by atoms with Crippen LogP contribution in [0.2, 0.25) is 0 Å². The van der Waals surface area contributed by atoms with Gasteiger partial charge in [0.25, 0.3) is 0 Å². The summed E-state index contributed by atoms with van der Waals surface area (Å²) in [6.07, 6.45) is 31.6. The van der Waals surface area contributed by atoms with E-state index >= 15 is 0 Å². The Balaban J connectivity index is 0.000000169. The minimum Gasteiger partial charge on any atom is -0.497 e. The zero-order chi connectivity index (χ0) is 97.6. The van der Waals surface area contributed by atoms with Gasteiger partial charge in [-0.1, -0.05) is 253 Å². The average Bonchev–Trinajstić information content (AvgIpc) is 0.772. The van der Waals surface area contributed by atoms with E-state index in [1.54, 1.807) is 177 Å². The fourth-order valence-electron chi connectivity index (χ4n) is 15.4. The van der Waals surface area contributed by atoms with Gasteiger partial charge >= 0.3 is 0 Å². The number of methoxy groups -OCH3 is 1. The van der Waals surface area contributed by atoms with Gasteiger partial charge in [-0.15, -0.1) is 11.8 Å². The van der Waals surface area contributed by atoms with Crippen LogP contribution in [0, 0.1) is 59.1 Å². The van der Waals surface area contributed by atoms with Crippen molar-refractivity contribution in [3.05, 3.63) is 423 Å². The Morgan fingerprint density at radius 3 is 1.10 bits per heavy atom. The highest BCUT2D eigenvalue weighted by Gasteiger charge is 2.33. The minimum absolute atomic E-state index is 0.00389. The van der Waals surface area contributed by atoms with Crippen molar-refractivity contribution in [3.8, 4) is 53.1 Å². The van der Waals surface area contributed by atoms with E-state index in [-0.39, 0.29) is 75.2 Å². The van der Waals surface area contributed by atoms with Gasteiger partial charge in [-0.05, 0) is 226 Å². The standard InChI is InChI=1S/C21H23BrO2.C21H16O3.C21H24O2.C20H13FO2.C19H13NO2.C18H18O2/c1-14(2)8-6-9-15(3)10-7-13-18-19(22)21(24)17-12-5-4-11-16(17)20(18)23;1-24-17-10-6-8-15(13-17)7-2-3-9-16-14-20(22)18-11-4-5-12-19(18)21(16)23;1-15(2)8-6-9-16(3)10-7-11-17-14-20(22)18-12-4-5-13-19(18)21(17)23;21-16-9-5-7-14(12-16)6-1-2-8-15-13-19(22)17-10-3-4-11-18(17)20(15)23;21-18-12-15(19(22)17-10-4-3-9-16(17)18)8-2-1-6-14-7-5-11-20-13-14;1-3-5-8-13(4-2)11-14-12-17(19)15-9-6-7-10-16(15)18(14)20/h4-5,8,10-12H,6-7,9,13H2,1-3H3;4-6,8,10-14H,3,9H2,1H3;4-5,8,10,12-14H,6-7,9,11H2,1-3H3;3-5,7,9-13H,2,8H2;3-5,7,9-13H,2,8H2;6-7,9-10,12-13H,4,8,11H2,1-2H3/b15-10+;;16-10+;;;. The molecule has 0 radical (unpaired) electrons. The van der Waals surface area contributed by atoms with Crippen LogP contribution in [0.25, 0.3) is 0 Å². The van der Waals surface area contributed by atoms with Crippen molar-refractivity contribution in [1.82, 2.24) is 4.98 Å². The summed E-state index contributed by atoms with van der Waals surface area (Å²) in [6, 6.07) is 59.0. The van der Waals surface area contributed by atoms with E-state index in [0.29, 0.717) is 174 Å². The molecule has 0 saturated carbocycles. The molecule has 1 atom stereocenters. The third kappa shape index (κ3) is 29.6. The highest BCUT2D eigenvalue weighted by molar-refractivity contribution is 9.12. The quantitative estimate of drug-likeness (QED) is 0.0429. The molecular formula is C120H107BrFNO13. The van der Waals surface area contributed by atoms with Crippen LogP contribution < -0.4 is 4.74 Å². The van der Waals surface area contributed by atoms with Crippen molar-refractivity contribution >= 4 is 85.3 Å². The molecule has 136 heavy (non-hydrogen) atoms. The topological polar surface area (TPSA) is 227 Å². The lowest BCUT2D eigenvalue weighted by Crippen LogP contribution is -2.19. The third-order valence-electron chi connectivity index (χ3n) is 22.8. The van der Waals surface area contributed by atoms with Crippen molar-refractivity contribution in [1.29, 1.82) is 0 Å². The molecule has 9 aromatic rings. The van der Waals surface area contributed by atoms with E-state index in [2.05, 4.69) is 141 Å². The molecule has 0 saturated heterocycles. The molecule has 8 aromatic carbocycles. The monoisotopic (exact) mass is 1870 g/mol. The van der Waals surface area contributed by atoms with Crippen molar-refractivity contribution < 1.29 is 66.7 Å². The highest BCUT2D eigenvalue weighted by atomic mass is 79.9. The molecule has 0 amide bonds. The van der Waals surface area contributed by atoms with Gasteiger partial charge in [0.1, 0.15) is 11.6 Å². The SMILES string of the molecule is CC#CCC(CC)CC1=CC(=O)c2ccccc2C1=O.CC(C)=CCC/C(C)=C/CCC1=C(Br)C(=O)c2ccccc2C1=O.CC(C)=CCC/C(C)=C/CCC1=CC(=O)c2ccccc2C1=O.COc1cccc(C#CCCC2=CC(=O)c3ccccc3C2=O)c1.O=C1C=C(CCC#Cc2cccc(F)c2)C(=O)c2ccccc21.O=C1C=C(CCC#Cc2cccnc2)C(=O)c2ccccc21. The lowest BCUT2D eigenvalue weighted by atomic mass is 9.84. The molecular weight excluding hydrogens is 1760 g/mol. The van der Waals surface area contributed by atoms with Gasteiger partial charge < -0.3 is 4.74 Å². The number of halogens is 2.